The van der Waals surface area contributed by atoms with Crippen LogP contribution in [0.3, 0.4) is 0 Å². The van der Waals surface area contributed by atoms with Crippen LogP contribution in [-0.4, -0.2) is 47.4 Å². The van der Waals surface area contributed by atoms with Crippen LogP contribution in [0.2, 0.25) is 0 Å². The second-order valence-electron chi connectivity index (χ2n) is 22.5. The van der Waals surface area contributed by atoms with E-state index in [0.717, 1.165) is 38.5 Å². The van der Waals surface area contributed by atoms with Gasteiger partial charge in [0.1, 0.15) is 0 Å². The first kappa shape index (κ1) is 69.6. The molecule has 0 aromatic carbocycles. The lowest BCUT2D eigenvalue weighted by molar-refractivity contribution is -0.143. The van der Waals surface area contributed by atoms with E-state index >= 15 is 0 Å². The van der Waals surface area contributed by atoms with Gasteiger partial charge in [-0.25, -0.2) is 0 Å². The normalized spacial score (nSPS) is 12.6. The zero-order chi connectivity index (χ0) is 51.4. The Morgan fingerprint density at radius 2 is 0.648 bits per heavy atom. The van der Waals surface area contributed by atoms with Crippen molar-refractivity contribution in [3.05, 3.63) is 12.2 Å². The Kier molecular flexibility index (Phi) is 59.9. The molecule has 1 amide bonds. The molecule has 0 saturated heterocycles. The number of aliphatic hydroxyl groups is 2. The number of allylic oxidation sites excluding steroid dienone is 1. The summed E-state index contributed by atoms with van der Waals surface area (Å²) in [4.78, 5) is 24.6. The highest BCUT2D eigenvalue weighted by atomic mass is 16.5. The summed E-state index contributed by atoms with van der Waals surface area (Å²) in [5.41, 5.74) is 0. The van der Waals surface area contributed by atoms with Gasteiger partial charge in [-0.05, 0) is 32.1 Å². The Morgan fingerprint density at radius 1 is 0.380 bits per heavy atom. The third-order valence-corrected chi connectivity index (χ3v) is 15.3. The van der Waals surface area contributed by atoms with E-state index in [1.807, 2.05) is 6.08 Å². The first-order chi connectivity index (χ1) is 35.0. The fourth-order valence-electron chi connectivity index (χ4n) is 10.3. The largest absolute Gasteiger partial charge is 0.466 e. The number of hydrogen-bond donors (Lipinski definition) is 3. The maximum absolute atomic E-state index is 12.5. The molecule has 2 atom stereocenters. The molecule has 0 fully saturated rings. The van der Waals surface area contributed by atoms with Crippen molar-refractivity contribution >= 4 is 11.9 Å². The van der Waals surface area contributed by atoms with Gasteiger partial charge in [-0.2, -0.15) is 0 Å². The van der Waals surface area contributed by atoms with Crippen molar-refractivity contribution in [1.82, 2.24) is 5.32 Å². The van der Waals surface area contributed by atoms with E-state index in [4.69, 9.17) is 4.74 Å². The Labute approximate surface area is 444 Å². The van der Waals surface area contributed by atoms with Crippen LogP contribution < -0.4 is 5.32 Å². The van der Waals surface area contributed by atoms with Crippen molar-refractivity contribution in [2.24, 2.45) is 0 Å². The van der Waals surface area contributed by atoms with E-state index in [1.165, 1.54) is 302 Å². The molecular formula is C65H127NO5. The Hall–Kier alpha value is -1.40. The highest BCUT2D eigenvalue weighted by Gasteiger charge is 2.18. The molecule has 0 saturated carbocycles. The molecule has 3 N–H and O–H groups in total. The van der Waals surface area contributed by atoms with E-state index in [1.54, 1.807) is 6.08 Å². The number of amides is 1. The summed E-state index contributed by atoms with van der Waals surface area (Å²) in [6, 6.07) is -0.631. The quantitative estimate of drug-likeness (QED) is 0.0320. The highest BCUT2D eigenvalue weighted by Crippen LogP contribution is 2.18. The molecule has 0 aliphatic rings. The Bertz CT molecular complexity index is 1060. The third kappa shape index (κ3) is 57.7. The van der Waals surface area contributed by atoms with Crippen molar-refractivity contribution in [3.63, 3.8) is 0 Å². The summed E-state index contributed by atoms with van der Waals surface area (Å²) in [6.45, 7) is 4.93. The number of rotatable bonds is 61. The maximum Gasteiger partial charge on any atom is 0.305 e. The Balaban J connectivity index is 3.43. The van der Waals surface area contributed by atoms with Gasteiger partial charge in [0, 0.05) is 12.8 Å². The van der Waals surface area contributed by atoms with Crippen LogP contribution in [-0.2, 0) is 14.3 Å². The molecule has 422 valence electrons. The molecular weight excluding hydrogens is 875 g/mol. The van der Waals surface area contributed by atoms with E-state index in [0.29, 0.717) is 19.4 Å². The van der Waals surface area contributed by atoms with Crippen molar-refractivity contribution in [3.8, 4) is 0 Å². The van der Waals surface area contributed by atoms with Crippen LogP contribution in [0.25, 0.3) is 0 Å². The minimum absolute atomic E-state index is 0.00907. The molecule has 0 rings (SSSR count). The van der Waals surface area contributed by atoms with E-state index in [9.17, 15) is 19.8 Å². The summed E-state index contributed by atoms with van der Waals surface area (Å²) in [5.74, 6) is -0.0584. The number of carbonyl (C=O) groups is 2. The third-order valence-electron chi connectivity index (χ3n) is 15.3. The zero-order valence-corrected chi connectivity index (χ0v) is 48.2. The van der Waals surface area contributed by atoms with Crippen molar-refractivity contribution in [2.75, 3.05) is 13.2 Å². The second kappa shape index (κ2) is 61.1. The number of esters is 1. The summed E-state index contributed by atoms with van der Waals surface area (Å²) >= 11 is 0. The average Bonchev–Trinajstić information content (AvgIpc) is 3.37. The molecule has 2 unspecified atom stereocenters. The van der Waals surface area contributed by atoms with Gasteiger partial charge in [0.25, 0.3) is 0 Å². The van der Waals surface area contributed by atoms with Crippen molar-refractivity contribution < 1.29 is 24.5 Å². The molecule has 6 nitrogen and oxygen atoms in total. The number of unbranched alkanes of at least 4 members (excludes halogenated alkanes) is 50. The topological polar surface area (TPSA) is 95.9 Å². The summed E-state index contributed by atoms with van der Waals surface area (Å²) in [7, 11) is 0. The zero-order valence-electron chi connectivity index (χ0n) is 48.2. The smallest absolute Gasteiger partial charge is 0.305 e. The standard InChI is InChI=1S/C65H127NO5/c1-3-5-7-9-11-13-15-17-18-19-20-21-22-23-24-27-30-34-37-41-45-49-53-57-63(68)62(61-67)66-64(69)58-54-50-46-42-38-35-31-28-25-26-29-32-36-40-44-48-52-56-60-71-65(70)59-55-51-47-43-39-33-16-14-12-10-8-6-4-2/h53,57,62-63,67-68H,3-52,54-56,58-61H2,1-2H3,(H,66,69)/b57-53+. The molecule has 6 heteroatoms. The lowest BCUT2D eigenvalue weighted by atomic mass is 10.0. The monoisotopic (exact) mass is 1000 g/mol. The van der Waals surface area contributed by atoms with Gasteiger partial charge in [-0.15, -0.1) is 0 Å². The predicted octanol–water partition coefficient (Wildman–Crippen LogP) is 20.4. The number of carbonyl (C=O) groups excluding carboxylic acids is 2. The van der Waals surface area contributed by atoms with Gasteiger partial charge < -0.3 is 20.3 Å². The Morgan fingerprint density at radius 3 is 0.958 bits per heavy atom. The molecule has 0 radical (unpaired) electrons. The molecule has 0 aliphatic carbocycles. The number of hydrogen-bond acceptors (Lipinski definition) is 5. The van der Waals surface area contributed by atoms with Gasteiger partial charge in [-0.1, -0.05) is 334 Å². The molecule has 0 aromatic rings. The second-order valence-corrected chi connectivity index (χ2v) is 22.5. The minimum atomic E-state index is -0.848. The fourth-order valence-corrected chi connectivity index (χ4v) is 10.3. The lowest BCUT2D eigenvalue weighted by Gasteiger charge is -2.20. The summed E-state index contributed by atoms with van der Waals surface area (Å²) < 4.78 is 5.48. The average molecular weight is 1000 g/mol. The van der Waals surface area contributed by atoms with Crippen LogP contribution in [0.4, 0.5) is 0 Å². The lowest BCUT2D eigenvalue weighted by Crippen LogP contribution is -2.45. The first-order valence-corrected chi connectivity index (χ1v) is 32.5. The number of nitrogens with one attached hydrogen (secondary N) is 1. The van der Waals surface area contributed by atoms with E-state index in [2.05, 4.69) is 19.2 Å². The maximum atomic E-state index is 12.5. The SMILES string of the molecule is CCCCCCCCCCCCCCCCCCCCCCC/C=C/C(O)C(CO)NC(=O)CCCCCCCCCCCCCCCCCCCCOC(=O)CCCCCCCCCCCCCCC. The molecule has 0 heterocycles. The van der Waals surface area contributed by atoms with Crippen LogP contribution >= 0.6 is 0 Å². The van der Waals surface area contributed by atoms with Crippen molar-refractivity contribution in [1.29, 1.82) is 0 Å². The summed E-state index contributed by atoms with van der Waals surface area (Å²) in [5, 5.41) is 23.2. The minimum Gasteiger partial charge on any atom is -0.466 e. The van der Waals surface area contributed by atoms with Gasteiger partial charge in [0.15, 0.2) is 0 Å². The number of ether oxygens (including phenoxy) is 1. The predicted molar refractivity (Wildman–Crippen MR) is 310 cm³/mol. The van der Waals surface area contributed by atoms with Gasteiger partial charge in [0.2, 0.25) is 5.91 Å². The van der Waals surface area contributed by atoms with E-state index < -0.39 is 12.1 Å². The fraction of sp³-hybridized carbons (Fsp3) is 0.938. The van der Waals surface area contributed by atoms with Gasteiger partial charge >= 0.3 is 5.97 Å². The van der Waals surface area contributed by atoms with Crippen LogP contribution in [0, 0.1) is 0 Å². The first-order valence-electron chi connectivity index (χ1n) is 32.5. The molecule has 71 heavy (non-hydrogen) atoms. The van der Waals surface area contributed by atoms with Crippen LogP contribution in [0.15, 0.2) is 12.2 Å². The molecule has 0 spiro atoms. The highest BCUT2D eigenvalue weighted by molar-refractivity contribution is 5.76. The van der Waals surface area contributed by atoms with Gasteiger partial charge in [-0.3, -0.25) is 9.59 Å². The number of aliphatic hydroxyl groups excluding tert-OH is 2. The molecule has 0 aliphatic heterocycles. The molecule has 0 aromatic heterocycles. The summed E-state index contributed by atoms with van der Waals surface area (Å²) in [6.07, 6.45) is 74.0. The van der Waals surface area contributed by atoms with E-state index in [-0.39, 0.29) is 18.5 Å². The van der Waals surface area contributed by atoms with Crippen LogP contribution in [0.5, 0.6) is 0 Å². The molecule has 0 bridgehead atoms. The van der Waals surface area contributed by atoms with Crippen molar-refractivity contribution in [2.45, 2.75) is 379 Å². The van der Waals surface area contributed by atoms with Crippen LogP contribution in [0.1, 0.15) is 367 Å². The van der Waals surface area contributed by atoms with Gasteiger partial charge in [0.05, 0.1) is 25.4 Å².